The minimum Gasteiger partial charge on any atom is -0.377 e. The summed E-state index contributed by atoms with van der Waals surface area (Å²) < 4.78 is 57.4. The third kappa shape index (κ3) is 27.4. The molecule has 4 rings (SSSR count). The van der Waals surface area contributed by atoms with Gasteiger partial charge in [0.05, 0.1) is 126 Å². The molecule has 0 aromatic heterocycles. The van der Waals surface area contributed by atoms with Gasteiger partial charge >= 0.3 is 0 Å². The summed E-state index contributed by atoms with van der Waals surface area (Å²) in [4.78, 5) is 0. The predicted octanol–water partition coefficient (Wildman–Crippen LogP) is 15.2. The van der Waals surface area contributed by atoms with Gasteiger partial charge in [-0.15, -0.1) is 65.8 Å². The highest BCUT2D eigenvalue weighted by Crippen LogP contribution is 2.51. The molecule has 0 heterocycles. The van der Waals surface area contributed by atoms with Crippen molar-refractivity contribution < 1.29 is 47.4 Å². The van der Waals surface area contributed by atoms with E-state index in [2.05, 4.69) is 79.6 Å². The third-order valence-electron chi connectivity index (χ3n) is 14.7. The third-order valence-corrected chi connectivity index (χ3v) is 14.7. The molecule has 0 N–H and O–H groups in total. The average Bonchev–Trinajstić information content (AvgIpc) is 4.22. The van der Waals surface area contributed by atoms with E-state index in [0.717, 1.165) is 77.4 Å². The smallest absolute Gasteiger partial charge is 0.0975 e. The highest BCUT2D eigenvalue weighted by molar-refractivity contribution is 5.08. The van der Waals surface area contributed by atoms with Gasteiger partial charge in [0, 0.05) is 5.41 Å². The van der Waals surface area contributed by atoms with E-state index in [1.165, 1.54) is 44.9 Å². The van der Waals surface area contributed by atoms with Crippen molar-refractivity contribution >= 4 is 0 Å². The monoisotopic (exact) mass is 1040 g/mol. The Morgan fingerprint density at radius 3 is 0.892 bits per heavy atom. The van der Waals surface area contributed by atoms with Crippen LogP contribution in [0, 0.1) is 5.41 Å². The molecule has 0 aliphatic heterocycles. The molecule has 4 saturated carbocycles. The van der Waals surface area contributed by atoms with E-state index in [0.29, 0.717) is 66.1 Å². The van der Waals surface area contributed by atoms with Crippen molar-refractivity contribution in [3.05, 3.63) is 127 Å². The standard InChI is InChI=1S/C16H26O2.C13H24O2.C12H20O2.C12H22O2.C11H18O2/c1-3-13-17-15(9-5-6-10-15)16(18-14-4-2)11-7-8-12-16;1-5-9-14-11-13(7-3,8-4)12-15-10-6-2;1-3-9-13-11-7-5-6-8-12(11)14-10-4-2;1-7-9-13-11(3,4)12(5,6)14-10-8-2;1-3-8-12-10-6-5-7-11(10)13-9-4-2/h3-4H,1-2,5-14H2;5-6H,1-2,7-12H2,3-4H3;3-4,11-12H,1-2,5-10H2;7-8H,1-2,9-10H2,3-6H3;3-4,10-11H,1-2,5-9H2. The van der Waals surface area contributed by atoms with Crippen LogP contribution >= 0.6 is 0 Å². The van der Waals surface area contributed by atoms with Gasteiger partial charge in [0.1, 0.15) is 0 Å². The molecule has 4 unspecified atom stereocenters. The Balaban J connectivity index is 0.000000905. The second-order valence-corrected chi connectivity index (χ2v) is 20.5. The molecule has 0 bridgehead atoms. The number of ether oxygens (including phenoxy) is 10. The molecule has 4 fully saturated rings. The van der Waals surface area contributed by atoms with Gasteiger partial charge in [0.25, 0.3) is 0 Å². The molecule has 10 nitrogen and oxygen atoms in total. The summed E-state index contributed by atoms with van der Waals surface area (Å²) in [6.45, 7) is 56.6. The molecule has 0 radical (unpaired) electrons. The molecule has 4 atom stereocenters. The van der Waals surface area contributed by atoms with Crippen molar-refractivity contribution in [1.29, 1.82) is 0 Å². The Hall–Kier alpha value is -3.00. The molecule has 0 amide bonds. The van der Waals surface area contributed by atoms with E-state index in [9.17, 15) is 0 Å². The maximum absolute atomic E-state index is 6.25. The molecule has 10 heteroatoms. The lowest BCUT2D eigenvalue weighted by Crippen LogP contribution is -2.54. The van der Waals surface area contributed by atoms with Gasteiger partial charge in [0.15, 0.2) is 0 Å². The van der Waals surface area contributed by atoms with Crippen molar-refractivity contribution in [2.24, 2.45) is 5.41 Å². The van der Waals surface area contributed by atoms with Gasteiger partial charge in [-0.05, 0) is 98.3 Å². The van der Waals surface area contributed by atoms with E-state index in [-0.39, 0.29) is 52.2 Å². The molecule has 4 aliphatic carbocycles. The second-order valence-electron chi connectivity index (χ2n) is 20.5. The maximum atomic E-state index is 6.25. The average molecular weight is 1040 g/mol. The minimum atomic E-state index is -0.343. The van der Waals surface area contributed by atoms with Crippen molar-refractivity contribution in [1.82, 2.24) is 0 Å². The number of rotatable bonds is 36. The van der Waals surface area contributed by atoms with Crippen LogP contribution in [0.5, 0.6) is 0 Å². The summed E-state index contributed by atoms with van der Waals surface area (Å²) in [7, 11) is 0. The van der Waals surface area contributed by atoms with Gasteiger partial charge in [-0.2, -0.15) is 0 Å². The van der Waals surface area contributed by atoms with Gasteiger partial charge in [-0.3, -0.25) is 0 Å². The molecule has 0 spiro atoms. The van der Waals surface area contributed by atoms with E-state index >= 15 is 0 Å². The first-order valence-corrected chi connectivity index (χ1v) is 27.9. The van der Waals surface area contributed by atoms with Crippen LogP contribution in [0.4, 0.5) is 0 Å². The summed E-state index contributed by atoms with van der Waals surface area (Å²) in [5.41, 5.74) is -0.679. The van der Waals surface area contributed by atoms with Crippen LogP contribution in [0.15, 0.2) is 127 Å². The van der Waals surface area contributed by atoms with Crippen molar-refractivity contribution in [2.45, 2.75) is 198 Å². The van der Waals surface area contributed by atoms with Crippen LogP contribution in [-0.2, 0) is 47.4 Å². The van der Waals surface area contributed by atoms with Crippen LogP contribution in [0.25, 0.3) is 0 Å². The van der Waals surface area contributed by atoms with Crippen molar-refractivity contribution in [2.75, 3.05) is 79.3 Å². The van der Waals surface area contributed by atoms with E-state index in [1.807, 2.05) is 39.8 Å². The zero-order chi connectivity index (χ0) is 55.5. The van der Waals surface area contributed by atoms with Crippen LogP contribution < -0.4 is 0 Å². The zero-order valence-corrected chi connectivity index (χ0v) is 48.2. The fourth-order valence-electron chi connectivity index (χ4n) is 9.58. The molecule has 0 aromatic carbocycles. The summed E-state index contributed by atoms with van der Waals surface area (Å²) in [5, 5.41) is 0. The molecule has 0 saturated heterocycles. The van der Waals surface area contributed by atoms with E-state index < -0.39 is 0 Å². The Labute approximate surface area is 454 Å². The SMILES string of the molecule is C=CCOC(C)(C)C(C)(C)OCC=C.C=CCOC1(C2(OCC=C)CCCC2)CCCC1.C=CCOC1CCCC1OCC=C.C=CCOC1CCCCC1OCC=C.C=CCOCC(CC)(CC)COCC=C. The Bertz CT molecular complexity index is 1390. The number of hydrogen-bond acceptors (Lipinski definition) is 10. The summed E-state index contributed by atoms with van der Waals surface area (Å²) in [6, 6.07) is 0. The lowest BCUT2D eigenvalue weighted by atomic mass is 9.79. The van der Waals surface area contributed by atoms with E-state index in [1.54, 1.807) is 48.6 Å². The molecular formula is C64H110O10. The van der Waals surface area contributed by atoms with Crippen LogP contribution in [-0.4, -0.2) is 126 Å². The van der Waals surface area contributed by atoms with Gasteiger partial charge in [-0.1, -0.05) is 113 Å². The first-order chi connectivity index (χ1) is 35.7. The van der Waals surface area contributed by atoms with Crippen LogP contribution in [0.1, 0.15) is 151 Å². The first kappa shape index (κ1) is 71.0. The summed E-state index contributed by atoms with van der Waals surface area (Å²) in [5.74, 6) is 0. The minimum absolute atomic E-state index is 0.0687. The fraction of sp³-hybridized carbons (Fsp3) is 0.688. The molecule has 74 heavy (non-hydrogen) atoms. The fourth-order valence-corrected chi connectivity index (χ4v) is 9.58. The van der Waals surface area contributed by atoms with Crippen molar-refractivity contribution in [3.63, 3.8) is 0 Å². The zero-order valence-electron chi connectivity index (χ0n) is 48.2. The lowest BCUT2D eigenvalue weighted by Gasteiger charge is -2.46. The van der Waals surface area contributed by atoms with E-state index in [4.69, 9.17) is 47.4 Å². The topological polar surface area (TPSA) is 92.3 Å². The normalized spacial score (nSPS) is 20.7. The quantitative estimate of drug-likeness (QED) is 0.0446. The number of hydrogen-bond donors (Lipinski definition) is 0. The second kappa shape index (κ2) is 43.0. The highest BCUT2D eigenvalue weighted by Gasteiger charge is 2.55. The summed E-state index contributed by atoms with van der Waals surface area (Å²) >= 11 is 0. The van der Waals surface area contributed by atoms with Gasteiger partial charge < -0.3 is 47.4 Å². The Kier molecular flexibility index (Phi) is 41.3. The van der Waals surface area contributed by atoms with Crippen LogP contribution in [0.2, 0.25) is 0 Å². The van der Waals surface area contributed by atoms with Gasteiger partial charge in [0.2, 0.25) is 0 Å². The van der Waals surface area contributed by atoms with Crippen LogP contribution in [0.3, 0.4) is 0 Å². The first-order valence-electron chi connectivity index (χ1n) is 27.9. The molecule has 4 aliphatic rings. The lowest BCUT2D eigenvalue weighted by molar-refractivity contribution is -0.195. The van der Waals surface area contributed by atoms with Crippen molar-refractivity contribution in [3.8, 4) is 0 Å². The predicted molar refractivity (Wildman–Crippen MR) is 312 cm³/mol. The Morgan fingerprint density at radius 2 is 0.635 bits per heavy atom. The maximum Gasteiger partial charge on any atom is 0.0975 e. The largest absolute Gasteiger partial charge is 0.377 e. The molecular weight excluding hydrogens is 929 g/mol. The Morgan fingerprint density at radius 1 is 0.365 bits per heavy atom. The summed E-state index contributed by atoms with van der Waals surface area (Å²) in [6.07, 6.45) is 38.8. The van der Waals surface area contributed by atoms with Gasteiger partial charge in [-0.25, -0.2) is 0 Å². The molecule has 0 aromatic rings. The highest BCUT2D eigenvalue weighted by atomic mass is 16.6. The molecule has 426 valence electrons.